The lowest BCUT2D eigenvalue weighted by Crippen LogP contribution is -2.36. The van der Waals surface area contributed by atoms with E-state index in [1.54, 1.807) is 19.3 Å². The molecule has 0 saturated carbocycles. The normalized spacial score (nSPS) is 12.6. The van der Waals surface area contributed by atoms with Crippen molar-refractivity contribution in [1.29, 1.82) is 0 Å². The molecule has 0 bridgehead atoms. The molecule has 0 spiro atoms. The molecule has 4 nitrogen and oxygen atoms in total. The van der Waals surface area contributed by atoms with Gasteiger partial charge in [0.05, 0.1) is 5.56 Å². The minimum absolute atomic E-state index is 0.115. The highest BCUT2D eigenvalue weighted by Gasteiger charge is 2.12. The highest BCUT2D eigenvalue weighted by Crippen LogP contribution is 2.02. The van der Waals surface area contributed by atoms with Crippen LogP contribution in [0.25, 0.3) is 0 Å². The first-order valence-electron chi connectivity index (χ1n) is 5.39. The summed E-state index contributed by atoms with van der Waals surface area (Å²) in [7, 11) is 1.63. The van der Waals surface area contributed by atoms with Gasteiger partial charge in [-0.2, -0.15) is 0 Å². The monoisotopic (exact) mass is 222 g/mol. The number of hydrogen-bond donors (Lipinski definition) is 1. The van der Waals surface area contributed by atoms with Gasteiger partial charge in [-0.05, 0) is 18.9 Å². The Morgan fingerprint density at radius 3 is 2.44 bits per heavy atom. The molecule has 1 rings (SSSR count). The number of pyridine rings is 1. The van der Waals surface area contributed by atoms with Crippen LogP contribution in [0.2, 0.25) is 0 Å². The quantitative estimate of drug-likeness (QED) is 0.834. The van der Waals surface area contributed by atoms with E-state index in [2.05, 4.69) is 5.32 Å². The summed E-state index contributed by atoms with van der Waals surface area (Å²) < 4.78 is 1.40. The molecule has 0 aliphatic carbocycles. The molecule has 0 aromatic carbocycles. The minimum atomic E-state index is -0.142. The van der Waals surface area contributed by atoms with E-state index in [-0.39, 0.29) is 17.5 Å². The predicted molar refractivity (Wildman–Crippen MR) is 63.4 cm³/mol. The average Bonchev–Trinajstić information content (AvgIpc) is 2.21. The summed E-state index contributed by atoms with van der Waals surface area (Å²) in [6.45, 7) is 6.06. The third kappa shape index (κ3) is 2.95. The van der Waals surface area contributed by atoms with Gasteiger partial charge in [0, 0.05) is 25.4 Å². The van der Waals surface area contributed by atoms with Crippen molar-refractivity contribution < 1.29 is 4.79 Å². The maximum absolute atomic E-state index is 11.8. The average molecular weight is 222 g/mol. The lowest BCUT2D eigenvalue weighted by Gasteiger charge is -2.17. The molecule has 1 heterocycles. The summed E-state index contributed by atoms with van der Waals surface area (Å²) in [4.78, 5) is 23.0. The molecule has 0 fully saturated rings. The highest BCUT2D eigenvalue weighted by atomic mass is 16.2. The van der Waals surface area contributed by atoms with Crippen LogP contribution in [0, 0.1) is 5.92 Å². The van der Waals surface area contributed by atoms with Crippen molar-refractivity contribution in [3.63, 3.8) is 0 Å². The number of hydrogen-bond acceptors (Lipinski definition) is 2. The zero-order chi connectivity index (χ0) is 12.3. The number of carbonyl (C=O) groups is 1. The fourth-order valence-electron chi connectivity index (χ4n) is 1.19. The number of aryl methyl sites for hydroxylation is 1. The third-order valence-corrected chi connectivity index (χ3v) is 2.71. The molecule has 88 valence electrons. The van der Waals surface area contributed by atoms with Gasteiger partial charge < -0.3 is 9.88 Å². The number of rotatable bonds is 3. The van der Waals surface area contributed by atoms with Crippen LogP contribution in [0.4, 0.5) is 0 Å². The van der Waals surface area contributed by atoms with Crippen molar-refractivity contribution in [3.8, 4) is 0 Å². The van der Waals surface area contributed by atoms with E-state index in [0.29, 0.717) is 11.5 Å². The van der Waals surface area contributed by atoms with Crippen LogP contribution >= 0.6 is 0 Å². The second-order valence-corrected chi connectivity index (χ2v) is 4.37. The maximum Gasteiger partial charge on any atom is 0.252 e. The van der Waals surface area contributed by atoms with E-state index in [1.165, 1.54) is 10.6 Å². The molecule has 1 amide bonds. The smallest absolute Gasteiger partial charge is 0.252 e. The Morgan fingerprint density at radius 1 is 1.31 bits per heavy atom. The first-order valence-corrected chi connectivity index (χ1v) is 5.39. The topological polar surface area (TPSA) is 51.1 Å². The standard InChI is InChI=1S/C12H18N2O2/c1-8(2)9(3)13-12(16)10-5-6-11(15)14(4)7-10/h5-9H,1-4H3,(H,13,16)/t9-/m0/s1. The highest BCUT2D eigenvalue weighted by molar-refractivity contribution is 5.94. The largest absolute Gasteiger partial charge is 0.349 e. The van der Waals surface area contributed by atoms with Crippen LogP contribution < -0.4 is 10.9 Å². The van der Waals surface area contributed by atoms with Gasteiger partial charge in [0.25, 0.3) is 5.91 Å². The zero-order valence-electron chi connectivity index (χ0n) is 10.2. The van der Waals surface area contributed by atoms with Crippen molar-refractivity contribution in [2.45, 2.75) is 26.8 Å². The van der Waals surface area contributed by atoms with E-state index in [4.69, 9.17) is 0 Å². The molecule has 16 heavy (non-hydrogen) atoms. The van der Waals surface area contributed by atoms with Crippen molar-refractivity contribution in [2.75, 3.05) is 0 Å². The summed E-state index contributed by atoms with van der Waals surface area (Å²) >= 11 is 0. The van der Waals surface area contributed by atoms with Gasteiger partial charge >= 0.3 is 0 Å². The Morgan fingerprint density at radius 2 is 1.94 bits per heavy atom. The molecule has 0 radical (unpaired) electrons. The van der Waals surface area contributed by atoms with Crippen LogP contribution in [0.3, 0.4) is 0 Å². The summed E-state index contributed by atoms with van der Waals surface area (Å²) in [5.41, 5.74) is 0.392. The molecule has 1 atom stereocenters. The third-order valence-electron chi connectivity index (χ3n) is 2.71. The predicted octanol–water partition coefficient (Wildman–Crippen LogP) is 1.16. The second kappa shape index (κ2) is 4.96. The molecule has 0 aliphatic rings. The fraction of sp³-hybridized carbons (Fsp3) is 0.500. The summed E-state index contributed by atoms with van der Waals surface area (Å²) in [6.07, 6.45) is 1.55. The number of carbonyl (C=O) groups excluding carboxylic acids is 1. The first-order chi connectivity index (χ1) is 7.41. The SMILES string of the molecule is CC(C)[C@H](C)NC(=O)c1ccc(=O)n(C)c1. The van der Waals surface area contributed by atoms with Gasteiger partial charge in [-0.1, -0.05) is 13.8 Å². The van der Waals surface area contributed by atoms with E-state index in [1.807, 2.05) is 20.8 Å². The summed E-state index contributed by atoms with van der Waals surface area (Å²) in [5, 5.41) is 2.89. The molecule has 0 saturated heterocycles. The summed E-state index contributed by atoms with van der Waals surface area (Å²) in [6, 6.07) is 3.06. The fourth-order valence-corrected chi connectivity index (χ4v) is 1.19. The van der Waals surface area contributed by atoms with Crippen molar-refractivity contribution in [3.05, 3.63) is 34.2 Å². The second-order valence-electron chi connectivity index (χ2n) is 4.37. The number of amides is 1. The van der Waals surface area contributed by atoms with E-state index < -0.39 is 0 Å². The van der Waals surface area contributed by atoms with Gasteiger partial charge in [0.2, 0.25) is 5.56 Å². The van der Waals surface area contributed by atoms with Crippen LogP contribution in [0.1, 0.15) is 31.1 Å². The van der Waals surface area contributed by atoms with E-state index >= 15 is 0 Å². The summed E-state index contributed by atoms with van der Waals surface area (Å²) in [5.74, 6) is 0.244. The molecule has 1 N–H and O–H groups in total. The molecule has 0 unspecified atom stereocenters. The Labute approximate surface area is 95.3 Å². The number of aromatic nitrogens is 1. The van der Waals surface area contributed by atoms with Crippen LogP contribution in [-0.2, 0) is 7.05 Å². The van der Waals surface area contributed by atoms with Gasteiger partial charge in [0.15, 0.2) is 0 Å². The van der Waals surface area contributed by atoms with Gasteiger partial charge in [-0.15, -0.1) is 0 Å². The van der Waals surface area contributed by atoms with Crippen molar-refractivity contribution in [2.24, 2.45) is 13.0 Å². The molecule has 1 aromatic rings. The minimum Gasteiger partial charge on any atom is -0.349 e. The molecule has 1 aromatic heterocycles. The van der Waals surface area contributed by atoms with Gasteiger partial charge in [-0.3, -0.25) is 9.59 Å². The van der Waals surface area contributed by atoms with E-state index in [0.717, 1.165) is 0 Å². The maximum atomic E-state index is 11.8. The Kier molecular flexibility index (Phi) is 3.88. The molecule has 4 heteroatoms. The zero-order valence-corrected chi connectivity index (χ0v) is 10.2. The lowest BCUT2D eigenvalue weighted by molar-refractivity contribution is 0.0929. The number of nitrogens with one attached hydrogen (secondary N) is 1. The first kappa shape index (κ1) is 12.5. The Balaban J connectivity index is 2.81. The molecular formula is C12H18N2O2. The Hall–Kier alpha value is -1.58. The van der Waals surface area contributed by atoms with Crippen LogP contribution in [0.15, 0.2) is 23.1 Å². The number of nitrogens with zero attached hydrogens (tertiary/aromatic N) is 1. The van der Waals surface area contributed by atoms with Crippen LogP contribution in [-0.4, -0.2) is 16.5 Å². The molecule has 0 aliphatic heterocycles. The lowest BCUT2D eigenvalue weighted by atomic mass is 10.1. The van der Waals surface area contributed by atoms with Gasteiger partial charge in [0.1, 0.15) is 0 Å². The van der Waals surface area contributed by atoms with Gasteiger partial charge in [-0.25, -0.2) is 0 Å². The van der Waals surface area contributed by atoms with Crippen molar-refractivity contribution >= 4 is 5.91 Å². The molecular weight excluding hydrogens is 204 g/mol. The van der Waals surface area contributed by atoms with E-state index in [9.17, 15) is 9.59 Å². The van der Waals surface area contributed by atoms with Crippen molar-refractivity contribution in [1.82, 2.24) is 9.88 Å². The van der Waals surface area contributed by atoms with Crippen LogP contribution in [0.5, 0.6) is 0 Å². The Bertz CT molecular complexity index is 435.